The van der Waals surface area contributed by atoms with Crippen LogP contribution in [0.4, 0.5) is 0 Å². The Bertz CT molecular complexity index is 485. The molecule has 8 heteroatoms. The van der Waals surface area contributed by atoms with E-state index in [9.17, 15) is 20.1 Å². The third kappa shape index (κ3) is 3.31. The second kappa shape index (κ2) is 6.37. The van der Waals surface area contributed by atoms with Crippen molar-refractivity contribution in [3.8, 4) is 5.75 Å². The van der Waals surface area contributed by atoms with E-state index in [4.69, 9.17) is 19.7 Å². The van der Waals surface area contributed by atoms with Gasteiger partial charge in [-0.15, -0.1) is 0 Å². The fourth-order valence-electron chi connectivity index (χ4n) is 1.97. The molecule has 8 nitrogen and oxygen atoms in total. The van der Waals surface area contributed by atoms with Gasteiger partial charge in [-0.2, -0.15) is 0 Å². The van der Waals surface area contributed by atoms with Crippen LogP contribution < -0.4 is 4.74 Å². The van der Waals surface area contributed by atoms with Crippen molar-refractivity contribution >= 4 is 5.97 Å². The summed E-state index contributed by atoms with van der Waals surface area (Å²) in [5.74, 6) is -0.876. The van der Waals surface area contributed by atoms with E-state index in [-0.39, 0.29) is 11.3 Å². The molecule has 0 radical (unpaired) electrons. The third-order valence-corrected chi connectivity index (χ3v) is 3.20. The van der Waals surface area contributed by atoms with Gasteiger partial charge in [0.2, 0.25) is 6.29 Å². The Morgan fingerprint density at radius 2 is 1.71 bits per heavy atom. The average Bonchev–Trinajstić information content (AvgIpc) is 2.48. The largest absolute Gasteiger partial charge is 0.478 e. The molecule has 0 spiro atoms. The predicted octanol–water partition coefficient (Wildman–Crippen LogP) is -1.44. The predicted molar refractivity (Wildman–Crippen MR) is 67.8 cm³/mol. The lowest BCUT2D eigenvalue weighted by atomic mass is 9.99. The SMILES string of the molecule is O=C(O)c1ccc(O[C@@H]2O[C@@H](CO)[C@@H](O)[C@H](O)[C@@H]2O)cc1. The molecule has 1 aliphatic rings. The fraction of sp³-hybridized carbons (Fsp3) is 0.462. The standard InChI is InChI=1S/C13H16O8/c14-5-8-9(15)10(16)11(17)13(21-8)20-7-3-1-6(2-4-7)12(18)19/h1-4,8-11,13-17H,5H2,(H,18,19)/t8-,9+,10-,11-,13+/m0/s1. The lowest BCUT2D eigenvalue weighted by Gasteiger charge is -2.39. The van der Waals surface area contributed by atoms with E-state index in [1.807, 2.05) is 0 Å². The number of aromatic carboxylic acids is 1. The van der Waals surface area contributed by atoms with Gasteiger partial charge in [0, 0.05) is 0 Å². The maximum Gasteiger partial charge on any atom is 0.335 e. The molecule has 2 rings (SSSR count). The van der Waals surface area contributed by atoms with Crippen molar-refractivity contribution < 1.29 is 39.8 Å². The topological polar surface area (TPSA) is 137 Å². The first-order valence-electron chi connectivity index (χ1n) is 6.24. The monoisotopic (exact) mass is 300 g/mol. The van der Waals surface area contributed by atoms with Crippen LogP contribution in [-0.2, 0) is 4.74 Å². The molecule has 21 heavy (non-hydrogen) atoms. The lowest BCUT2D eigenvalue weighted by molar-refractivity contribution is -0.277. The molecule has 1 heterocycles. The van der Waals surface area contributed by atoms with E-state index in [2.05, 4.69) is 0 Å². The first-order chi connectivity index (χ1) is 9.93. The normalized spacial score (nSPS) is 32.7. The molecule has 1 fully saturated rings. The minimum atomic E-state index is -1.53. The lowest BCUT2D eigenvalue weighted by Crippen LogP contribution is -2.60. The molecule has 116 valence electrons. The summed E-state index contributed by atoms with van der Waals surface area (Å²) in [5, 5.41) is 46.9. The molecule has 1 aromatic rings. The van der Waals surface area contributed by atoms with Gasteiger partial charge in [-0.3, -0.25) is 0 Å². The summed E-state index contributed by atoms with van der Waals surface area (Å²) in [6, 6.07) is 5.35. The Hall–Kier alpha value is -1.71. The van der Waals surface area contributed by atoms with Crippen molar-refractivity contribution in [3.63, 3.8) is 0 Å². The minimum Gasteiger partial charge on any atom is -0.478 e. The van der Waals surface area contributed by atoms with Crippen LogP contribution in [0.2, 0.25) is 0 Å². The van der Waals surface area contributed by atoms with Crippen molar-refractivity contribution in [2.24, 2.45) is 0 Å². The van der Waals surface area contributed by atoms with Gasteiger partial charge in [0.05, 0.1) is 12.2 Å². The number of benzene rings is 1. The third-order valence-electron chi connectivity index (χ3n) is 3.20. The Kier molecular flexibility index (Phi) is 4.76. The Morgan fingerprint density at radius 1 is 1.10 bits per heavy atom. The molecule has 0 unspecified atom stereocenters. The molecule has 1 aliphatic heterocycles. The van der Waals surface area contributed by atoms with Gasteiger partial charge in [0.15, 0.2) is 0 Å². The summed E-state index contributed by atoms with van der Waals surface area (Å²) in [4.78, 5) is 10.7. The maximum absolute atomic E-state index is 10.7. The molecule has 0 saturated carbocycles. The molecular formula is C13H16O8. The first-order valence-corrected chi connectivity index (χ1v) is 6.24. The molecule has 0 amide bonds. The Balaban J connectivity index is 2.08. The molecule has 5 N–H and O–H groups in total. The van der Waals surface area contributed by atoms with Gasteiger partial charge in [-0.25, -0.2) is 4.79 Å². The van der Waals surface area contributed by atoms with Crippen LogP contribution in [0.1, 0.15) is 10.4 Å². The summed E-state index contributed by atoms with van der Waals surface area (Å²) in [6.07, 6.45) is -6.86. The number of carbonyl (C=O) groups is 1. The smallest absolute Gasteiger partial charge is 0.335 e. The summed E-state index contributed by atoms with van der Waals surface area (Å²) < 4.78 is 10.5. The van der Waals surface area contributed by atoms with Gasteiger partial charge in [0.1, 0.15) is 30.2 Å². The molecule has 0 bridgehead atoms. The van der Waals surface area contributed by atoms with Crippen LogP contribution in [0, 0.1) is 0 Å². The van der Waals surface area contributed by atoms with Gasteiger partial charge in [-0.1, -0.05) is 0 Å². The molecule has 0 aromatic heterocycles. The molecule has 1 aromatic carbocycles. The molecule has 5 atom stereocenters. The number of hydrogen-bond acceptors (Lipinski definition) is 7. The summed E-state index contributed by atoms with van der Waals surface area (Å²) >= 11 is 0. The summed E-state index contributed by atoms with van der Waals surface area (Å²) in [6.45, 7) is -0.553. The highest BCUT2D eigenvalue weighted by Crippen LogP contribution is 2.24. The van der Waals surface area contributed by atoms with E-state index >= 15 is 0 Å². The van der Waals surface area contributed by atoms with E-state index < -0.39 is 43.3 Å². The van der Waals surface area contributed by atoms with E-state index in [1.165, 1.54) is 24.3 Å². The quantitative estimate of drug-likeness (QED) is 0.456. The van der Waals surface area contributed by atoms with Crippen molar-refractivity contribution in [2.75, 3.05) is 6.61 Å². The van der Waals surface area contributed by atoms with Crippen LogP contribution >= 0.6 is 0 Å². The second-order valence-corrected chi connectivity index (χ2v) is 4.64. The Labute approximate surface area is 119 Å². The highest BCUT2D eigenvalue weighted by molar-refractivity contribution is 5.87. The number of aliphatic hydroxyl groups is 4. The zero-order valence-electron chi connectivity index (χ0n) is 10.9. The van der Waals surface area contributed by atoms with E-state index in [0.717, 1.165) is 0 Å². The van der Waals surface area contributed by atoms with Crippen LogP contribution in [0.5, 0.6) is 5.75 Å². The Morgan fingerprint density at radius 3 is 2.24 bits per heavy atom. The van der Waals surface area contributed by atoms with Crippen molar-refractivity contribution in [2.45, 2.75) is 30.7 Å². The van der Waals surface area contributed by atoms with Crippen LogP contribution in [0.15, 0.2) is 24.3 Å². The first kappa shape index (κ1) is 15.7. The van der Waals surface area contributed by atoms with Gasteiger partial charge >= 0.3 is 5.97 Å². The van der Waals surface area contributed by atoms with Crippen LogP contribution in [0.3, 0.4) is 0 Å². The molecule has 0 aliphatic carbocycles. The van der Waals surface area contributed by atoms with Gasteiger partial charge in [-0.05, 0) is 24.3 Å². The molecule has 1 saturated heterocycles. The summed E-state index contributed by atoms with van der Waals surface area (Å²) in [7, 11) is 0. The molecular weight excluding hydrogens is 284 g/mol. The van der Waals surface area contributed by atoms with E-state index in [0.29, 0.717) is 0 Å². The van der Waals surface area contributed by atoms with Crippen LogP contribution in [-0.4, -0.2) is 68.8 Å². The zero-order valence-corrected chi connectivity index (χ0v) is 10.9. The number of hydrogen-bond donors (Lipinski definition) is 5. The van der Waals surface area contributed by atoms with Gasteiger partial charge < -0.3 is 35.0 Å². The number of carboxylic acid groups (broad SMARTS) is 1. The zero-order chi connectivity index (χ0) is 15.6. The highest BCUT2D eigenvalue weighted by atomic mass is 16.7. The number of carboxylic acids is 1. The van der Waals surface area contributed by atoms with Crippen molar-refractivity contribution in [3.05, 3.63) is 29.8 Å². The van der Waals surface area contributed by atoms with Crippen LogP contribution in [0.25, 0.3) is 0 Å². The van der Waals surface area contributed by atoms with Gasteiger partial charge in [0.25, 0.3) is 0 Å². The van der Waals surface area contributed by atoms with Crippen molar-refractivity contribution in [1.29, 1.82) is 0 Å². The average molecular weight is 300 g/mol. The minimum absolute atomic E-state index is 0.0659. The maximum atomic E-state index is 10.7. The number of aliphatic hydroxyl groups excluding tert-OH is 4. The fourth-order valence-corrected chi connectivity index (χ4v) is 1.97. The van der Waals surface area contributed by atoms with Crippen molar-refractivity contribution in [1.82, 2.24) is 0 Å². The summed E-state index contributed by atoms with van der Waals surface area (Å²) in [5.41, 5.74) is 0.0659. The highest BCUT2D eigenvalue weighted by Gasteiger charge is 2.44. The number of ether oxygens (including phenoxy) is 2. The number of rotatable bonds is 4. The van der Waals surface area contributed by atoms with E-state index in [1.54, 1.807) is 0 Å². The second-order valence-electron chi connectivity index (χ2n) is 4.64.